The zero-order chi connectivity index (χ0) is 14.3. The lowest BCUT2D eigenvalue weighted by Gasteiger charge is -2.45. The fourth-order valence-corrected chi connectivity index (χ4v) is 4.52. The van der Waals surface area contributed by atoms with E-state index in [0.717, 1.165) is 17.3 Å². The molecule has 2 unspecified atom stereocenters. The number of hydrogen-bond acceptors (Lipinski definition) is 2. The third kappa shape index (κ3) is 3.46. The van der Waals surface area contributed by atoms with Gasteiger partial charge >= 0.3 is 0 Å². The molecule has 0 aromatic carbocycles. The molecule has 0 aliphatic heterocycles. The molecule has 0 saturated heterocycles. The van der Waals surface area contributed by atoms with Crippen LogP contribution in [-0.2, 0) is 7.05 Å². The molecule has 2 atom stereocenters. The molecular weight excluding hydrogens is 354 g/mol. The van der Waals surface area contributed by atoms with E-state index in [2.05, 4.69) is 21.2 Å². The van der Waals surface area contributed by atoms with Gasteiger partial charge in [0.1, 0.15) is 5.69 Å². The van der Waals surface area contributed by atoms with Crippen molar-refractivity contribution in [1.29, 1.82) is 0 Å². The molecule has 2 saturated carbocycles. The van der Waals surface area contributed by atoms with Crippen molar-refractivity contribution in [3.8, 4) is 0 Å². The van der Waals surface area contributed by atoms with Crippen LogP contribution in [-0.4, -0.2) is 22.6 Å². The van der Waals surface area contributed by atoms with E-state index < -0.39 is 0 Å². The summed E-state index contributed by atoms with van der Waals surface area (Å²) in [6, 6.07) is 2.51. The van der Waals surface area contributed by atoms with Crippen LogP contribution in [0.1, 0.15) is 42.6 Å². The van der Waals surface area contributed by atoms with Gasteiger partial charge in [-0.2, -0.15) is 0 Å². The fourth-order valence-electron chi connectivity index (χ4n) is 4.00. The minimum Gasteiger partial charge on any atom is -0.347 e. The largest absolute Gasteiger partial charge is 0.347 e. The monoisotopic (exact) mass is 375 g/mol. The van der Waals surface area contributed by atoms with Gasteiger partial charge in [0, 0.05) is 29.8 Å². The van der Waals surface area contributed by atoms with E-state index >= 15 is 0 Å². The van der Waals surface area contributed by atoms with Gasteiger partial charge in [0.05, 0.1) is 0 Å². The van der Waals surface area contributed by atoms with E-state index in [0.29, 0.717) is 29.6 Å². The topological polar surface area (TPSA) is 60.0 Å². The van der Waals surface area contributed by atoms with Crippen LogP contribution in [0.2, 0.25) is 0 Å². The zero-order valence-electron chi connectivity index (χ0n) is 12.2. The lowest BCUT2D eigenvalue weighted by molar-refractivity contribution is 0.0749. The number of carbonyl (C=O) groups is 1. The van der Waals surface area contributed by atoms with Gasteiger partial charge in [-0.1, -0.05) is 6.42 Å². The summed E-state index contributed by atoms with van der Waals surface area (Å²) >= 11 is 3.42. The van der Waals surface area contributed by atoms with E-state index in [4.69, 9.17) is 5.73 Å². The Balaban J connectivity index is 0.00000161. The Kier molecular flexibility index (Phi) is 5.38. The molecule has 2 aliphatic rings. The van der Waals surface area contributed by atoms with E-state index in [9.17, 15) is 4.79 Å². The molecule has 3 rings (SSSR count). The number of aromatic nitrogens is 1. The van der Waals surface area contributed by atoms with Gasteiger partial charge in [0.2, 0.25) is 0 Å². The van der Waals surface area contributed by atoms with Gasteiger partial charge in [-0.05, 0) is 59.5 Å². The molecule has 1 amide bonds. The maximum Gasteiger partial charge on any atom is 0.268 e. The first-order chi connectivity index (χ1) is 9.54. The lowest BCUT2D eigenvalue weighted by Crippen LogP contribution is -2.53. The number of nitrogens with zero attached hydrogens (tertiary/aromatic N) is 1. The van der Waals surface area contributed by atoms with Crippen molar-refractivity contribution in [2.75, 3.05) is 0 Å². The molecule has 1 aromatic rings. The van der Waals surface area contributed by atoms with Crippen LogP contribution in [0.3, 0.4) is 0 Å². The molecule has 0 radical (unpaired) electrons. The van der Waals surface area contributed by atoms with Crippen LogP contribution in [0, 0.1) is 11.8 Å². The van der Waals surface area contributed by atoms with Crippen molar-refractivity contribution in [2.24, 2.45) is 24.6 Å². The third-order valence-corrected chi connectivity index (χ3v) is 5.31. The maximum atomic E-state index is 12.5. The summed E-state index contributed by atoms with van der Waals surface area (Å²) in [5, 5.41) is 3.28. The summed E-state index contributed by atoms with van der Waals surface area (Å²) < 4.78 is 2.81. The van der Waals surface area contributed by atoms with Crippen LogP contribution < -0.4 is 11.1 Å². The highest BCUT2D eigenvalue weighted by Gasteiger charge is 2.40. The molecule has 1 heterocycles. The van der Waals surface area contributed by atoms with Crippen molar-refractivity contribution in [1.82, 2.24) is 9.88 Å². The van der Waals surface area contributed by atoms with E-state index in [-0.39, 0.29) is 18.3 Å². The highest BCUT2D eigenvalue weighted by atomic mass is 79.9. The molecule has 4 nitrogen and oxygen atoms in total. The summed E-state index contributed by atoms with van der Waals surface area (Å²) in [6.07, 6.45) is 7.70. The molecule has 2 aliphatic carbocycles. The highest BCUT2D eigenvalue weighted by Crippen LogP contribution is 2.39. The van der Waals surface area contributed by atoms with Crippen molar-refractivity contribution < 1.29 is 4.79 Å². The number of halogens is 2. The second-order valence-corrected chi connectivity index (χ2v) is 7.25. The Morgan fingerprint density at radius 3 is 2.52 bits per heavy atom. The van der Waals surface area contributed by atoms with E-state index in [1.807, 2.05) is 23.9 Å². The van der Waals surface area contributed by atoms with Gasteiger partial charge in [0.25, 0.3) is 5.91 Å². The number of hydrogen-bond donors (Lipinski definition) is 2. The number of nitrogens with one attached hydrogen (secondary N) is 1. The second-order valence-electron chi connectivity index (χ2n) is 6.34. The Hall–Kier alpha value is -0.520. The Morgan fingerprint density at radius 2 is 2.00 bits per heavy atom. The molecule has 2 bridgehead atoms. The number of aryl methyl sites for hydroxylation is 1. The van der Waals surface area contributed by atoms with Gasteiger partial charge in [-0.3, -0.25) is 4.79 Å². The first-order valence-corrected chi connectivity index (χ1v) is 8.22. The van der Waals surface area contributed by atoms with Crippen molar-refractivity contribution in [3.63, 3.8) is 0 Å². The molecule has 6 heteroatoms. The third-order valence-electron chi connectivity index (χ3n) is 4.88. The zero-order valence-corrected chi connectivity index (χ0v) is 14.6. The summed E-state index contributed by atoms with van der Waals surface area (Å²) in [7, 11) is 1.90. The van der Waals surface area contributed by atoms with Gasteiger partial charge in [-0.15, -0.1) is 12.4 Å². The first-order valence-electron chi connectivity index (χ1n) is 7.43. The van der Waals surface area contributed by atoms with Crippen LogP contribution in [0.25, 0.3) is 0 Å². The first kappa shape index (κ1) is 16.8. The predicted octanol–water partition coefficient (Wildman–Crippen LogP) is 2.85. The summed E-state index contributed by atoms with van der Waals surface area (Å²) in [6.45, 7) is 0. The molecule has 0 spiro atoms. The SMILES string of the molecule is Cl.Cn1cc(Br)cc1C(=O)NC1C2CCCC1CC(N)C2. The van der Waals surface area contributed by atoms with Gasteiger partial charge in [0.15, 0.2) is 0 Å². The fraction of sp³-hybridized carbons (Fsp3) is 0.667. The number of rotatable bonds is 2. The Morgan fingerprint density at radius 1 is 1.38 bits per heavy atom. The summed E-state index contributed by atoms with van der Waals surface area (Å²) in [5.41, 5.74) is 6.85. The number of amides is 1. The quantitative estimate of drug-likeness (QED) is 0.834. The predicted molar refractivity (Wildman–Crippen MR) is 89.7 cm³/mol. The number of fused-ring (bicyclic) bond motifs is 2. The highest BCUT2D eigenvalue weighted by molar-refractivity contribution is 9.10. The molecule has 3 N–H and O–H groups in total. The van der Waals surface area contributed by atoms with Crippen LogP contribution in [0.5, 0.6) is 0 Å². The van der Waals surface area contributed by atoms with Crippen LogP contribution >= 0.6 is 28.3 Å². The minimum atomic E-state index is 0. The minimum absolute atomic E-state index is 0. The van der Waals surface area contributed by atoms with Gasteiger partial charge in [-0.25, -0.2) is 0 Å². The number of nitrogens with two attached hydrogens (primary N) is 1. The number of carbonyl (C=O) groups excluding carboxylic acids is 1. The second kappa shape index (κ2) is 6.71. The lowest BCUT2D eigenvalue weighted by atomic mass is 9.67. The Labute approximate surface area is 140 Å². The van der Waals surface area contributed by atoms with Crippen molar-refractivity contribution >= 4 is 34.2 Å². The van der Waals surface area contributed by atoms with E-state index in [1.165, 1.54) is 19.3 Å². The maximum absolute atomic E-state index is 12.5. The molecule has 2 fully saturated rings. The van der Waals surface area contributed by atoms with Crippen molar-refractivity contribution in [3.05, 3.63) is 22.4 Å². The molecule has 118 valence electrons. The summed E-state index contributed by atoms with van der Waals surface area (Å²) in [5.74, 6) is 1.16. The Bertz CT molecular complexity index is 505. The van der Waals surface area contributed by atoms with Crippen LogP contribution in [0.4, 0.5) is 0 Å². The average Bonchev–Trinajstić information content (AvgIpc) is 2.69. The smallest absolute Gasteiger partial charge is 0.268 e. The van der Waals surface area contributed by atoms with Crippen molar-refractivity contribution in [2.45, 2.75) is 44.2 Å². The normalized spacial score (nSPS) is 31.4. The molecule has 21 heavy (non-hydrogen) atoms. The summed E-state index contributed by atoms with van der Waals surface area (Å²) in [4.78, 5) is 12.5. The average molecular weight is 377 g/mol. The standard InChI is InChI=1S/C15H22BrN3O.ClH/c1-19-8-11(16)7-13(19)15(20)18-14-9-3-2-4-10(14)6-12(17)5-9;/h7-10,12,14H,2-6,17H2,1H3,(H,18,20);1H. The van der Waals surface area contributed by atoms with Crippen LogP contribution in [0.15, 0.2) is 16.7 Å². The van der Waals surface area contributed by atoms with E-state index in [1.54, 1.807) is 0 Å². The molecule has 1 aromatic heterocycles. The van der Waals surface area contributed by atoms with Gasteiger partial charge < -0.3 is 15.6 Å². The molecular formula is C15H23BrClN3O.